The molecule has 0 unspecified atom stereocenters. The Morgan fingerprint density at radius 3 is 2.31 bits per heavy atom. The summed E-state index contributed by atoms with van der Waals surface area (Å²) >= 11 is 0. The predicted octanol–water partition coefficient (Wildman–Crippen LogP) is 2.16. The van der Waals surface area contributed by atoms with Crippen LogP contribution in [0.5, 0.6) is 5.75 Å². The lowest BCUT2D eigenvalue weighted by molar-refractivity contribution is 0.1000. The lowest BCUT2D eigenvalue weighted by Gasteiger charge is -2.05. The third kappa shape index (κ3) is 1.88. The first-order chi connectivity index (χ1) is 7.68. The molecule has 3 nitrogen and oxygen atoms in total. The molecule has 1 amide bonds. The van der Waals surface area contributed by atoms with Crippen LogP contribution < -0.4 is 5.73 Å². The van der Waals surface area contributed by atoms with E-state index in [2.05, 4.69) is 0 Å². The number of rotatable bonds is 2. The van der Waals surface area contributed by atoms with Crippen molar-refractivity contribution in [1.29, 1.82) is 0 Å². The first-order valence-electron chi connectivity index (χ1n) is 4.87. The van der Waals surface area contributed by atoms with Crippen molar-refractivity contribution in [2.24, 2.45) is 5.73 Å². The molecule has 0 heterocycles. The average Bonchev–Trinajstić information content (AvgIpc) is 2.30. The Bertz CT molecular complexity index is 521. The number of carbonyl (C=O) groups excluding carboxylic acids is 1. The van der Waals surface area contributed by atoms with E-state index in [0.29, 0.717) is 11.1 Å². The summed E-state index contributed by atoms with van der Waals surface area (Å²) in [5, 5.41) is 9.79. The maximum Gasteiger partial charge on any atom is 0.248 e. The van der Waals surface area contributed by atoms with Crippen LogP contribution in [0.15, 0.2) is 48.5 Å². The first-order valence-corrected chi connectivity index (χ1v) is 4.87. The van der Waals surface area contributed by atoms with Crippen LogP contribution in [0.3, 0.4) is 0 Å². The number of primary amides is 1. The maximum absolute atomic E-state index is 10.9. The monoisotopic (exact) mass is 213 g/mol. The maximum atomic E-state index is 10.9. The van der Waals surface area contributed by atoms with Crippen LogP contribution in [0.1, 0.15) is 10.4 Å². The first kappa shape index (κ1) is 10.2. The zero-order valence-electron chi connectivity index (χ0n) is 8.55. The van der Waals surface area contributed by atoms with Gasteiger partial charge in [-0.25, -0.2) is 0 Å². The number of nitrogens with two attached hydrogens (primary N) is 1. The van der Waals surface area contributed by atoms with Crippen molar-refractivity contribution in [3.8, 4) is 16.9 Å². The summed E-state index contributed by atoms with van der Waals surface area (Å²) in [4.78, 5) is 10.9. The second kappa shape index (κ2) is 4.06. The molecule has 2 rings (SSSR count). The molecule has 0 spiro atoms. The van der Waals surface area contributed by atoms with Crippen LogP contribution in [0.2, 0.25) is 0 Å². The highest BCUT2D eigenvalue weighted by Crippen LogP contribution is 2.29. The van der Waals surface area contributed by atoms with E-state index in [-0.39, 0.29) is 5.75 Å². The Kier molecular flexibility index (Phi) is 2.60. The van der Waals surface area contributed by atoms with E-state index >= 15 is 0 Å². The molecule has 0 radical (unpaired) electrons. The van der Waals surface area contributed by atoms with Crippen molar-refractivity contribution >= 4 is 5.91 Å². The summed E-state index contributed by atoms with van der Waals surface area (Å²) in [6, 6.07) is 14.1. The Morgan fingerprint density at radius 1 is 1.06 bits per heavy atom. The van der Waals surface area contributed by atoms with E-state index in [9.17, 15) is 9.90 Å². The van der Waals surface area contributed by atoms with E-state index < -0.39 is 5.91 Å². The number of aromatic hydroxyl groups is 1. The van der Waals surface area contributed by atoms with Crippen molar-refractivity contribution in [1.82, 2.24) is 0 Å². The standard InChI is InChI=1S/C13H11NO2/c14-13(16)10-6-7-11(12(15)8-10)9-4-2-1-3-5-9/h1-8,15H,(H2,14,16). The molecule has 16 heavy (non-hydrogen) atoms. The fourth-order valence-corrected chi connectivity index (χ4v) is 1.55. The number of phenols is 1. The molecule has 2 aromatic rings. The highest BCUT2D eigenvalue weighted by Gasteiger charge is 2.07. The summed E-state index contributed by atoms with van der Waals surface area (Å²) < 4.78 is 0. The van der Waals surface area contributed by atoms with Crippen molar-refractivity contribution in [3.05, 3.63) is 54.1 Å². The lowest BCUT2D eigenvalue weighted by Crippen LogP contribution is -2.10. The Hall–Kier alpha value is -2.29. The topological polar surface area (TPSA) is 63.3 Å². The van der Waals surface area contributed by atoms with Crippen LogP contribution in [0.4, 0.5) is 0 Å². The summed E-state index contributed by atoms with van der Waals surface area (Å²) in [6.07, 6.45) is 0. The van der Waals surface area contributed by atoms with Gasteiger partial charge in [0.15, 0.2) is 0 Å². The highest BCUT2D eigenvalue weighted by atomic mass is 16.3. The van der Waals surface area contributed by atoms with Crippen molar-refractivity contribution < 1.29 is 9.90 Å². The fraction of sp³-hybridized carbons (Fsp3) is 0. The summed E-state index contributed by atoms with van der Waals surface area (Å²) in [5.74, 6) is -0.489. The van der Waals surface area contributed by atoms with E-state index in [4.69, 9.17) is 5.73 Å². The number of hydrogen-bond acceptors (Lipinski definition) is 2. The molecule has 0 aromatic heterocycles. The van der Waals surface area contributed by atoms with Crippen LogP contribution in [-0.2, 0) is 0 Å². The van der Waals surface area contributed by atoms with Crippen molar-refractivity contribution in [2.75, 3.05) is 0 Å². The number of carbonyl (C=O) groups is 1. The van der Waals surface area contributed by atoms with Gasteiger partial charge in [0, 0.05) is 11.1 Å². The van der Waals surface area contributed by atoms with Gasteiger partial charge in [-0.2, -0.15) is 0 Å². The molecule has 3 heteroatoms. The molecule has 0 bridgehead atoms. The van der Waals surface area contributed by atoms with E-state index in [0.717, 1.165) is 5.56 Å². The molecule has 0 aliphatic heterocycles. The number of benzene rings is 2. The van der Waals surface area contributed by atoms with Gasteiger partial charge in [-0.1, -0.05) is 30.3 Å². The zero-order valence-corrected chi connectivity index (χ0v) is 8.55. The SMILES string of the molecule is NC(=O)c1ccc(-c2ccccc2)c(O)c1. The van der Waals surface area contributed by atoms with Gasteiger partial charge < -0.3 is 10.8 Å². The van der Waals surface area contributed by atoms with E-state index in [1.807, 2.05) is 30.3 Å². The Labute approximate surface area is 93.1 Å². The number of amides is 1. The fourth-order valence-electron chi connectivity index (χ4n) is 1.55. The minimum absolute atomic E-state index is 0.0579. The van der Waals surface area contributed by atoms with Crippen molar-refractivity contribution in [2.45, 2.75) is 0 Å². The summed E-state index contributed by atoms with van der Waals surface area (Å²) in [6.45, 7) is 0. The highest BCUT2D eigenvalue weighted by molar-refractivity contribution is 5.94. The molecule has 0 aliphatic rings. The minimum atomic E-state index is -0.546. The van der Waals surface area contributed by atoms with E-state index in [1.54, 1.807) is 12.1 Å². The van der Waals surface area contributed by atoms with Gasteiger partial charge in [0.1, 0.15) is 5.75 Å². The zero-order chi connectivity index (χ0) is 11.5. The largest absolute Gasteiger partial charge is 0.507 e. The molecule has 3 N–H and O–H groups in total. The molecular weight excluding hydrogens is 202 g/mol. The van der Waals surface area contributed by atoms with Crippen LogP contribution in [-0.4, -0.2) is 11.0 Å². The molecule has 0 aliphatic carbocycles. The quantitative estimate of drug-likeness (QED) is 0.802. The second-order valence-electron chi connectivity index (χ2n) is 3.46. The molecule has 0 fully saturated rings. The van der Waals surface area contributed by atoms with Crippen LogP contribution in [0, 0.1) is 0 Å². The van der Waals surface area contributed by atoms with E-state index in [1.165, 1.54) is 6.07 Å². The summed E-state index contributed by atoms with van der Waals surface area (Å²) in [5.41, 5.74) is 7.01. The molecule has 0 atom stereocenters. The average molecular weight is 213 g/mol. The lowest BCUT2D eigenvalue weighted by atomic mass is 10.0. The third-order valence-electron chi connectivity index (χ3n) is 2.37. The predicted molar refractivity (Wildman–Crippen MR) is 62.1 cm³/mol. The third-order valence-corrected chi connectivity index (χ3v) is 2.37. The molecular formula is C13H11NO2. The normalized spacial score (nSPS) is 10.0. The number of hydrogen-bond donors (Lipinski definition) is 2. The Balaban J connectivity index is 2.48. The van der Waals surface area contributed by atoms with Crippen molar-refractivity contribution in [3.63, 3.8) is 0 Å². The summed E-state index contributed by atoms with van der Waals surface area (Å²) in [7, 11) is 0. The second-order valence-corrected chi connectivity index (χ2v) is 3.46. The molecule has 0 saturated heterocycles. The van der Waals surface area contributed by atoms with Crippen LogP contribution >= 0.6 is 0 Å². The van der Waals surface area contributed by atoms with Crippen LogP contribution in [0.25, 0.3) is 11.1 Å². The van der Waals surface area contributed by atoms with Gasteiger partial charge in [-0.15, -0.1) is 0 Å². The van der Waals surface area contributed by atoms with Gasteiger partial charge >= 0.3 is 0 Å². The molecule has 2 aromatic carbocycles. The van der Waals surface area contributed by atoms with Gasteiger partial charge in [0.25, 0.3) is 0 Å². The number of phenolic OH excluding ortho intramolecular Hbond substituents is 1. The molecule has 80 valence electrons. The van der Waals surface area contributed by atoms with Gasteiger partial charge in [-0.05, 0) is 23.8 Å². The van der Waals surface area contributed by atoms with Gasteiger partial charge in [0.05, 0.1) is 0 Å². The minimum Gasteiger partial charge on any atom is -0.507 e. The smallest absolute Gasteiger partial charge is 0.248 e. The van der Waals surface area contributed by atoms with Gasteiger partial charge in [-0.3, -0.25) is 4.79 Å². The molecule has 0 saturated carbocycles. The Morgan fingerprint density at radius 2 is 1.75 bits per heavy atom. The van der Waals surface area contributed by atoms with Gasteiger partial charge in [0.2, 0.25) is 5.91 Å².